The molecule has 2 atom stereocenters. The summed E-state index contributed by atoms with van der Waals surface area (Å²) in [6.45, 7) is 3.27. The van der Waals surface area contributed by atoms with E-state index in [-0.39, 0.29) is 12.3 Å². The molecule has 0 aromatic heterocycles. The smallest absolute Gasteiger partial charge is 0.170 e. The number of hydrogen-bond acceptors (Lipinski definition) is 0. The van der Waals surface area contributed by atoms with Crippen molar-refractivity contribution in [1.29, 1.82) is 0 Å². The van der Waals surface area contributed by atoms with Crippen LogP contribution >= 0.6 is 0 Å². The molecular weight excluding hydrogens is 141 g/mol. The third kappa shape index (κ3) is 0.831. The molecule has 1 aliphatic rings. The number of alkyl halides is 3. The first-order chi connectivity index (χ1) is 4.44. The van der Waals surface area contributed by atoms with E-state index in [9.17, 15) is 13.2 Å². The van der Waals surface area contributed by atoms with Crippen LogP contribution in [0.4, 0.5) is 13.2 Å². The third-order valence-electron chi connectivity index (χ3n) is 2.65. The van der Waals surface area contributed by atoms with E-state index in [1.165, 1.54) is 0 Å². The lowest BCUT2D eigenvalue weighted by molar-refractivity contribution is -0.192. The zero-order chi connectivity index (χ0) is 7.99. The monoisotopic (exact) mass is 152 g/mol. The molecule has 0 radical (unpaired) electrons. The maximum absolute atomic E-state index is 12.1. The Balaban J connectivity index is 2.69. The second-order valence-corrected chi connectivity index (χ2v) is 3.11. The molecule has 0 heterocycles. The molecule has 1 rings (SSSR count). The minimum absolute atomic E-state index is 0.155. The van der Waals surface area contributed by atoms with E-state index in [1.54, 1.807) is 13.8 Å². The van der Waals surface area contributed by atoms with Crippen LogP contribution in [0.3, 0.4) is 0 Å². The molecule has 10 heavy (non-hydrogen) atoms. The molecular formula is C7H11F3. The Labute approximate surface area is 58.4 Å². The van der Waals surface area contributed by atoms with Crippen LogP contribution in [0.5, 0.6) is 0 Å². The Morgan fingerprint density at radius 1 is 1.50 bits per heavy atom. The highest BCUT2D eigenvalue weighted by atomic mass is 19.4. The van der Waals surface area contributed by atoms with Gasteiger partial charge in [-0.05, 0) is 18.8 Å². The molecule has 0 aliphatic heterocycles. The van der Waals surface area contributed by atoms with Crippen LogP contribution in [0.1, 0.15) is 26.7 Å². The summed E-state index contributed by atoms with van der Waals surface area (Å²) in [6, 6.07) is 0. The van der Waals surface area contributed by atoms with E-state index in [0.717, 1.165) is 0 Å². The molecule has 0 N–H and O–H groups in total. The van der Waals surface area contributed by atoms with Crippen LogP contribution in [0.25, 0.3) is 0 Å². The summed E-state index contributed by atoms with van der Waals surface area (Å²) >= 11 is 0. The number of rotatable bonds is 1. The first-order valence-corrected chi connectivity index (χ1v) is 3.51. The SMILES string of the molecule is CCC1(C(F)(F)F)CC1C. The predicted octanol–water partition coefficient (Wildman–Crippen LogP) is 2.98. The highest BCUT2D eigenvalue weighted by Crippen LogP contribution is 2.64. The van der Waals surface area contributed by atoms with E-state index >= 15 is 0 Å². The summed E-state index contributed by atoms with van der Waals surface area (Å²) in [7, 11) is 0. The normalized spacial score (nSPS) is 39.9. The van der Waals surface area contributed by atoms with Gasteiger partial charge in [0.1, 0.15) is 0 Å². The van der Waals surface area contributed by atoms with Crippen LogP contribution in [0.15, 0.2) is 0 Å². The molecule has 0 amide bonds. The fraction of sp³-hybridized carbons (Fsp3) is 1.00. The highest BCUT2D eigenvalue weighted by Gasteiger charge is 2.66. The van der Waals surface area contributed by atoms with E-state index in [0.29, 0.717) is 6.42 Å². The maximum Gasteiger partial charge on any atom is 0.394 e. The first-order valence-electron chi connectivity index (χ1n) is 3.51. The van der Waals surface area contributed by atoms with Gasteiger partial charge in [0.05, 0.1) is 5.41 Å². The fourth-order valence-electron chi connectivity index (χ4n) is 1.58. The lowest BCUT2D eigenvalue weighted by atomic mass is 10.0. The van der Waals surface area contributed by atoms with Gasteiger partial charge in [0.15, 0.2) is 0 Å². The Bertz CT molecular complexity index is 134. The molecule has 0 bridgehead atoms. The molecule has 0 aromatic carbocycles. The minimum atomic E-state index is -3.97. The standard InChI is InChI=1S/C7H11F3/c1-3-6(4-5(6)2)7(8,9)10/h5H,3-4H2,1-2H3. The second kappa shape index (κ2) is 1.89. The van der Waals surface area contributed by atoms with Crippen molar-refractivity contribution >= 4 is 0 Å². The van der Waals surface area contributed by atoms with Gasteiger partial charge < -0.3 is 0 Å². The van der Waals surface area contributed by atoms with E-state index in [1.807, 2.05) is 0 Å². The van der Waals surface area contributed by atoms with E-state index in [2.05, 4.69) is 0 Å². The van der Waals surface area contributed by atoms with Crippen LogP contribution < -0.4 is 0 Å². The number of hydrogen-bond donors (Lipinski definition) is 0. The van der Waals surface area contributed by atoms with Crippen molar-refractivity contribution in [2.24, 2.45) is 11.3 Å². The van der Waals surface area contributed by atoms with Gasteiger partial charge in [-0.3, -0.25) is 0 Å². The summed E-state index contributed by atoms with van der Waals surface area (Å²) < 4.78 is 36.4. The maximum atomic E-state index is 12.1. The summed E-state index contributed by atoms with van der Waals surface area (Å²) in [5.74, 6) is -0.155. The molecule has 1 aliphatic carbocycles. The van der Waals surface area contributed by atoms with E-state index in [4.69, 9.17) is 0 Å². The van der Waals surface area contributed by atoms with Gasteiger partial charge in [0, 0.05) is 0 Å². The van der Waals surface area contributed by atoms with E-state index < -0.39 is 11.6 Å². The predicted molar refractivity (Wildman–Crippen MR) is 32.6 cm³/mol. The number of halogens is 3. The largest absolute Gasteiger partial charge is 0.394 e. The summed E-state index contributed by atoms with van der Waals surface area (Å²) in [4.78, 5) is 0. The lowest BCUT2D eigenvalue weighted by Crippen LogP contribution is -2.25. The molecule has 3 heteroatoms. The van der Waals surface area contributed by atoms with Crippen LogP contribution in [0, 0.1) is 11.3 Å². The molecule has 0 spiro atoms. The van der Waals surface area contributed by atoms with Crippen LogP contribution in [0.2, 0.25) is 0 Å². The zero-order valence-corrected chi connectivity index (χ0v) is 6.13. The van der Waals surface area contributed by atoms with Crippen molar-refractivity contribution < 1.29 is 13.2 Å². The molecule has 0 nitrogen and oxygen atoms in total. The van der Waals surface area contributed by atoms with Gasteiger partial charge in [-0.25, -0.2) is 0 Å². The average Bonchev–Trinajstić information content (AvgIpc) is 2.40. The fourth-order valence-corrected chi connectivity index (χ4v) is 1.58. The van der Waals surface area contributed by atoms with Crippen molar-refractivity contribution in [2.45, 2.75) is 32.9 Å². The van der Waals surface area contributed by atoms with Gasteiger partial charge in [-0.1, -0.05) is 13.8 Å². The van der Waals surface area contributed by atoms with Gasteiger partial charge in [0.2, 0.25) is 0 Å². The second-order valence-electron chi connectivity index (χ2n) is 3.11. The van der Waals surface area contributed by atoms with Crippen LogP contribution in [-0.2, 0) is 0 Å². The molecule has 0 saturated heterocycles. The van der Waals surface area contributed by atoms with Crippen LogP contribution in [-0.4, -0.2) is 6.18 Å². The summed E-state index contributed by atoms with van der Waals surface area (Å²) in [5.41, 5.74) is -1.31. The van der Waals surface area contributed by atoms with Crippen molar-refractivity contribution in [3.63, 3.8) is 0 Å². The first kappa shape index (κ1) is 7.89. The lowest BCUT2D eigenvalue weighted by Gasteiger charge is -2.17. The molecule has 1 saturated carbocycles. The molecule has 0 aromatic rings. The van der Waals surface area contributed by atoms with Crippen molar-refractivity contribution in [2.75, 3.05) is 0 Å². The van der Waals surface area contributed by atoms with Crippen molar-refractivity contribution in [3.05, 3.63) is 0 Å². The Morgan fingerprint density at radius 2 is 1.90 bits per heavy atom. The van der Waals surface area contributed by atoms with Crippen molar-refractivity contribution in [1.82, 2.24) is 0 Å². The average molecular weight is 152 g/mol. The van der Waals surface area contributed by atoms with Gasteiger partial charge in [-0.15, -0.1) is 0 Å². The van der Waals surface area contributed by atoms with Gasteiger partial charge in [0.25, 0.3) is 0 Å². The minimum Gasteiger partial charge on any atom is -0.170 e. The zero-order valence-electron chi connectivity index (χ0n) is 6.13. The molecule has 1 fully saturated rings. The summed E-state index contributed by atoms with van der Waals surface area (Å²) in [5, 5.41) is 0. The molecule has 60 valence electrons. The van der Waals surface area contributed by atoms with Crippen molar-refractivity contribution in [3.8, 4) is 0 Å². The Kier molecular flexibility index (Phi) is 1.49. The Morgan fingerprint density at radius 3 is 1.90 bits per heavy atom. The molecule has 2 unspecified atom stereocenters. The summed E-state index contributed by atoms with van der Waals surface area (Å²) in [6.07, 6.45) is -3.41. The quantitative estimate of drug-likeness (QED) is 0.541. The third-order valence-corrected chi connectivity index (χ3v) is 2.65. The van der Waals surface area contributed by atoms with Gasteiger partial charge in [-0.2, -0.15) is 13.2 Å². The van der Waals surface area contributed by atoms with Gasteiger partial charge >= 0.3 is 6.18 Å². The Hall–Kier alpha value is -0.210. The highest BCUT2D eigenvalue weighted by molar-refractivity contribution is 5.03. The topological polar surface area (TPSA) is 0 Å².